The van der Waals surface area contributed by atoms with Gasteiger partial charge in [-0.25, -0.2) is 17.5 Å². The maximum Gasteiger partial charge on any atom is 0.240 e. The number of rotatable bonds is 5. The molecule has 5 nitrogen and oxygen atoms in total. The molecule has 0 spiro atoms. The molecule has 20 heavy (non-hydrogen) atoms. The van der Waals surface area contributed by atoms with Crippen LogP contribution in [0, 0.1) is 11.7 Å². The lowest BCUT2D eigenvalue weighted by atomic mass is 10.0. The highest BCUT2D eigenvalue weighted by Crippen LogP contribution is 2.16. The van der Waals surface area contributed by atoms with E-state index >= 15 is 0 Å². The molecule has 0 radical (unpaired) electrons. The number of alkyl halides is 1. The van der Waals surface area contributed by atoms with E-state index in [0.29, 0.717) is 13.1 Å². The van der Waals surface area contributed by atoms with Crippen molar-refractivity contribution in [1.29, 1.82) is 0 Å². The van der Waals surface area contributed by atoms with E-state index in [1.807, 2.05) is 0 Å². The van der Waals surface area contributed by atoms with Crippen molar-refractivity contribution in [3.8, 4) is 0 Å². The average Bonchev–Trinajstić information content (AvgIpc) is 2.36. The molecule has 0 aliphatic carbocycles. The molecule has 1 aromatic carbocycles. The summed E-state index contributed by atoms with van der Waals surface area (Å²) in [5, 5.41) is 0. The van der Waals surface area contributed by atoms with Crippen molar-refractivity contribution < 1.29 is 17.6 Å². The van der Waals surface area contributed by atoms with Gasteiger partial charge in [-0.2, -0.15) is 0 Å². The quantitative estimate of drug-likeness (QED) is 0.816. The first-order valence-corrected chi connectivity index (χ1v) is 8.03. The Bertz CT molecular complexity index is 585. The van der Waals surface area contributed by atoms with E-state index in [1.165, 1.54) is 12.1 Å². The SMILES string of the molecule is O=C(CCl)N1CC(CNS(=O)(=O)c2ccc(F)cc2)C1. The van der Waals surface area contributed by atoms with E-state index in [2.05, 4.69) is 4.72 Å². The van der Waals surface area contributed by atoms with Gasteiger partial charge in [-0.3, -0.25) is 4.79 Å². The Labute approximate surface area is 121 Å². The van der Waals surface area contributed by atoms with Crippen LogP contribution < -0.4 is 4.72 Å². The molecule has 1 heterocycles. The molecule has 1 fully saturated rings. The molecule has 0 aromatic heterocycles. The number of nitrogens with one attached hydrogen (secondary N) is 1. The van der Waals surface area contributed by atoms with Crippen LogP contribution in [0.3, 0.4) is 0 Å². The number of benzene rings is 1. The number of sulfonamides is 1. The molecule has 0 atom stereocenters. The van der Waals surface area contributed by atoms with Crippen LogP contribution in [0.15, 0.2) is 29.2 Å². The van der Waals surface area contributed by atoms with Gasteiger partial charge in [0.25, 0.3) is 0 Å². The van der Waals surface area contributed by atoms with Gasteiger partial charge < -0.3 is 4.90 Å². The number of amides is 1. The number of carbonyl (C=O) groups excluding carboxylic acids is 1. The van der Waals surface area contributed by atoms with Crippen LogP contribution in [-0.2, 0) is 14.8 Å². The van der Waals surface area contributed by atoms with E-state index in [9.17, 15) is 17.6 Å². The maximum absolute atomic E-state index is 12.7. The molecule has 110 valence electrons. The molecule has 1 aliphatic rings. The van der Waals surface area contributed by atoms with Crippen molar-refractivity contribution in [2.24, 2.45) is 5.92 Å². The second-order valence-electron chi connectivity index (χ2n) is 4.60. The molecule has 1 saturated heterocycles. The summed E-state index contributed by atoms with van der Waals surface area (Å²) in [5.74, 6) is -0.617. The number of nitrogens with zero attached hydrogens (tertiary/aromatic N) is 1. The summed E-state index contributed by atoms with van der Waals surface area (Å²) in [6, 6.07) is 4.61. The van der Waals surface area contributed by atoms with E-state index < -0.39 is 15.8 Å². The zero-order valence-corrected chi connectivity index (χ0v) is 12.1. The normalized spacial score (nSPS) is 16.0. The van der Waals surface area contributed by atoms with Gasteiger partial charge in [0.1, 0.15) is 11.7 Å². The molecule has 0 unspecified atom stereocenters. The van der Waals surface area contributed by atoms with E-state index in [-0.39, 0.29) is 29.1 Å². The van der Waals surface area contributed by atoms with Gasteiger partial charge in [-0.1, -0.05) is 0 Å². The van der Waals surface area contributed by atoms with E-state index in [0.717, 1.165) is 12.1 Å². The number of halogens is 2. The van der Waals surface area contributed by atoms with Gasteiger partial charge in [0.05, 0.1) is 4.90 Å². The highest BCUT2D eigenvalue weighted by molar-refractivity contribution is 7.89. The molecule has 1 amide bonds. The lowest BCUT2D eigenvalue weighted by Gasteiger charge is -2.38. The smallest absolute Gasteiger partial charge is 0.240 e. The average molecular weight is 321 g/mol. The van der Waals surface area contributed by atoms with Crippen LogP contribution in [0.1, 0.15) is 0 Å². The molecule has 8 heteroatoms. The molecular formula is C12H14ClFN2O3S. The third kappa shape index (κ3) is 3.47. The topological polar surface area (TPSA) is 66.5 Å². The van der Waals surface area contributed by atoms with E-state index in [1.54, 1.807) is 4.90 Å². The predicted molar refractivity (Wildman–Crippen MR) is 72.4 cm³/mol. The standard InChI is InChI=1S/C12H14ClFN2O3S/c13-5-12(17)16-7-9(8-16)6-15-20(18,19)11-3-1-10(14)2-4-11/h1-4,9,15H,5-8H2. The zero-order valence-electron chi connectivity index (χ0n) is 10.6. The summed E-state index contributed by atoms with van der Waals surface area (Å²) in [6.45, 7) is 1.24. The Morgan fingerprint density at radius 3 is 2.50 bits per heavy atom. The lowest BCUT2D eigenvalue weighted by Crippen LogP contribution is -2.54. The molecule has 1 aromatic rings. The van der Waals surface area contributed by atoms with Crippen molar-refractivity contribution in [3.05, 3.63) is 30.1 Å². The second kappa shape index (κ2) is 6.07. The molecule has 0 saturated carbocycles. The first-order chi connectivity index (χ1) is 9.42. The first kappa shape index (κ1) is 15.2. The highest BCUT2D eigenvalue weighted by Gasteiger charge is 2.30. The van der Waals surface area contributed by atoms with Gasteiger partial charge in [0, 0.05) is 25.6 Å². The minimum Gasteiger partial charge on any atom is -0.341 e. The molecule has 1 aliphatic heterocycles. The fourth-order valence-corrected chi connectivity index (χ4v) is 3.20. The fourth-order valence-electron chi connectivity index (χ4n) is 1.91. The van der Waals surface area contributed by atoms with Crippen molar-refractivity contribution in [2.45, 2.75) is 4.90 Å². The third-order valence-corrected chi connectivity index (χ3v) is 4.78. The first-order valence-electron chi connectivity index (χ1n) is 6.01. The van der Waals surface area contributed by atoms with Gasteiger partial charge in [0.2, 0.25) is 15.9 Å². The summed E-state index contributed by atoms with van der Waals surface area (Å²) < 4.78 is 39.0. The van der Waals surface area contributed by atoms with Gasteiger partial charge in [-0.05, 0) is 24.3 Å². The number of carbonyl (C=O) groups is 1. The third-order valence-electron chi connectivity index (χ3n) is 3.11. The van der Waals surface area contributed by atoms with Crippen molar-refractivity contribution in [1.82, 2.24) is 9.62 Å². The summed E-state index contributed by atoms with van der Waals surface area (Å²) in [7, 11) is -3.64. The van der Waals surface area contributed by atoms with Crippen molar-refractivity contribution >= 4 is 27.5 Å². The highest BCUT2D eigenvalue weighted by atomic mass is 35.5. The number of hydrogen-bond acceptors (Lipinski definition) is 3. The lowest BCUT2D eigenvalue weighted by molar-refractivity contribution is -0.134. The Hall–Kier alpha value is -1.18. The van der Waals surface area contributed by atoms with Gasteiger partial charge in [0.15, 0.2) is 0 Å². The van der Waals surface area contributed by atoms with E-state index in [4.69, 9.17) is 11.6 Å². The zero-order chi connectivity index (χ0) is 14.8. The summed E-state index contributed by atoms with van der Waals surface area (Å²) in [4.78, 5) is 12.8. The Balaban J connectivity index is 1.85. The van der Waals surface area contributed by atoms with Crippen LogP contribution in [-0.4, -0.2) is 44.7 Å². The van der Waals surface area contributed by atoms with Crippen LogP contribution >= 0.6 is 11.6 Å². The van der Waals surface area contributed by atoms with Crippen molar-refractivity contribution in [2.75, 3.05) is 25.5 Å². The monoisotopic (exact) mass is 320 g/mol. The van der Waals surface area contributed by atoms with Gasteiger partial charge >= 0.3 is 0 Å². The van der Waals surface area contributed by atoms with Crippen LogP contribution in [0.25, 0.3) is 0 Å². The van der Waals surface area contributed by atoms with Crippen molar-refractivity contribution in [3.63, 3.8) is 0 Å². The maximum atomic E-state index is 12.7. The summed E-state index contributed by atoms with van der Waals surface area (Å²) >= 11 is 5.42. The number of likely N-dealkylation sites (tertiary alicyclic amines) is 1. The fraction of sp³-hybridized carbons (Fsp3) is 0.417. The Kier molecular flexibility index (Phi) is 4.62. The van der Waals surface area contributed by atoms with Gasteiger partial charge in [-0.15, -0.1) is 11.6 Å². The molecule has 1 N–H and O–H groups in total. The molecule has 0 bridgehead atoms. The Morgan fingerprint density at radius 2 is 1.95 bits per heavy atom. The largest absolute Gasteiger partial charge is 0.341 e. The van der Waals surface area contributed by atoms with Crippen LogP contribution in [0.5, 0.6) is 0 Å². The molecular weight excluding hydrogens is 307 g/mol. The summed E-state index contributed by atoms with van der Waals surface area (Å²) in [6.07, 6.45) is 0. The molecule has 2 rings (SSSR count). The van der Waals surface area contributed by atoms with Crippen LogP contribution in [0.2, 0.25) is 0 Å². The second-order valence-corrected chi connectivity index (χ2v) is 6.64. The summed E-state index contributed by atoms with van der Waals surface area (Å²) in [5.41, 5.74) is 0. The minimum absolute atomic E-state index is 0.0203. The predicted octanol–water partition coefficient (Wildman–Crippen LogP) is 0.801. The van der Waals surface area contributed by atoms with Crippen LogP contribution in [0.4, 0.5) is 4.39 Å². The Morgan fingerprint density at radius 1 is 1.35 bits per heavy atom. The minimum atomic E-state index is -3.64. The number of hydrogen-bond donors (Lipinski definition) is 1.